The second kappa shape index (κ2) is 6.45. The quantitative estimate of drug-likeness (QED) is 0.629. The topological polar surface area (TPSA) is 37.4 Å². The van der Waals surface area contributed by atoms with Gasteiger partial charge in [0.1, 0.15) is 0 Å². The van der Waals surface area contributed by atoms with E-state index in [1.54, 1.807) is 0 Å². The van der Waals surface area contributed by atoms with E-state index in [0.29, 0.717) is 5.56 Å². The Morgan fingerprint density at radius 1 is 0.821 bits per heavy atom. The Labute approximate surface area is 164 Å². The first-order valence-electron chi connectivity index (χ1n) is 9.76. The van der Waals surface area contributed by atoms with Crippen LogP contribution in [0.15, 0.2) is 72.8 Å². The fraction of sp³-hybridized carbons (Fsp3) is 0.200. The fourth-order valence-corrected chi connectivity index (χ4v) is 4.65. The van der Waals surface area contributed by atoms with Crippen LogP contribution in [0.5, 0.6) is 0 Å². The molecule has 3 heteroatoms. The summed E-state index contributed by atoms with van der Waals surface area (Å²) in [7, 11) is 0. The average molecular weight is 367 g/mol. The van der Waals surface area contributed by atoms with E-state index in [0.717, 1.165) is 40.8 Å². The molecular weight excluding hydrogens is 346 g/mol. The largest absolute Gasteiger partial charge is 0.300 e. The fourth-order valence-electron chi connectivity index (χ4n) is 4.65. The number of amides is 1. The van der Waals surface area contributed by atoms with Gasteiger partial charge in [-0.3, -0.25) is 9.59 Å². The van der Waals surface area contributed by atoms with Gasteiger partial charge in [0.2, 0.25) is 0 Å². The van der Waals surface area contributed by atoms with E-state index >= 15 is 0 Å². The van der Waals surface area contributed by atoms with Crippen LogP contribution in [0.3, 0.4) is 0 Å². The van der Waals surface area contributed by atoms with E-state index in [9.17, 15) is 9.59 Å². The molecule has 2 aliphatic rings. The maximum absolute atomic E-state index is 13.4. The van der Waals surface area contributed by atoms with Gasteiger partial charge in [-0.25, -0.2) is 0 Å². The van der Waals surface area contributed by atoms with Crippen molar-refractivity contribution >= 4 is 17.4 Å². The molecule has 1 aliphatic carbocycles. The number of aryl methyl sites for hydroxylation is 2. The second-order valence-electron chi connectivity index (χ2n) is 7.71. The minimum atomic E-state index is -0.257. The predicted octanol–water partition coefficient (Wildman–Crippen LogP) is 5.14. The van der Waals surface area contributed by atoms with Gasteiger partial charge in [0, 0.05) is 22.7 Å². The highest BCUT2D eigenvalue weighted by atomic mass is 16.2. The summed E-state index contributed by atoms with van der Waals surface area (Å²) < 4.78 is 0. The van der Waals surface area contributed by atoms with Crippen molar-refractivity contribution in [3.63, 3.8) is 0 Å². The van der Waals surface area contributed by atoms with Crippen molar-refractivity contribution in [3.8, 4) is 0 Å². The van der Waals surface area contributed by atoms with Gasteiger partial charge in [-0.1, -0.05) is 60.2 Å². The van der Waals surface area contributed by atoms with Crippen LogP contribution in [0.25, 0.3) is 0 Å². The summed E-state index contributed by atoms with van der Waals surface area (Å²) >= 11 is 0. The number of ketones is 1. The molecule has 1 aliphatic heterocycles. The third-order valence-electron chi connectivity index (χ3n) is 6.04. The Hall–Kier alpha value is -3.20. The molecule has 1 heterocycles. The van der Waals surface area contributed by atoms with Crippen LogP contribution in [-0.4, -0.2) is 11.7 Å². The molecule has 2 atom stereocenters. The van der Waals surface area contributed by atoms with E-state index in [2.05, 4.69) is 0 Å². The lowest BCUT2D eigenvalue weighted by Gasteiger charge is -2.34. The van der Waals surface area contributed by atoms with E-state index in [1.165, 1.54) is 0 Å². The highest BCUT2D eigenvalue weighted by Crippen LogP contribution is 2.45. The van der Waals surface area contributed by atoms with Crippen molar-refractivity contribution in [2.75, 3.05) is 4.90 Å². The first kappa shape index (κ1) is 16.9. The van der Waals surface area contributed by atoms with Gasteiger partial charge in [-0.15, -0.1) is 0 Å². The number of carbonyl (C=O) groups is 2. The van der Waals surface area contributed by atoms with Gasteiger partial charge in [0.05, 0.1) is 6.04 Å². The van der Waals surface area contributed by atoms with Gasteiger partial charge in [-0.2, -0.15) is 0 Å². The summed E-state index contributed by atoms with van der Waals surface area (Å²) in [6.07, 6.45) is 1.62. The smallest absolute Gasteiger partial charge is 0.259 e. The van der Waals surface area contributed by atoms with E-state index in [-0.39, 0.29) is 23.7 Å². The number of hydrogen-bond donors (Lipinski definition) is 0. The van der Waals surface area contributed by atoms with Crippen LogP contribution < -0.4 is 4.90 Å². The molecule has 0 N–H and O–H groups in total. The van der Waals surface area contributed by atoms with Crippen molar-refractivity contribution in [1.82, 2.24) is 0 Å². The monoisotopic (exact) mass is 367 g/mol. The highest BCUT2D eigenvalue weighted by Gasteiger charge is 2.45. The van der Waals surface area contributed by atoms with Crippen LogP contribution in [-0.2, 0) is 6.42 Å². The maximum Gasteiger partial charge on any atom is 0.259 e. The zero-order valence-electron chi connectivity index (χ0n) is 15.8. The zero-order valence-corrected chi connectivity index (χ0v) is 15.8. The molecule has 5 rings (SSSR count). The normalized spacial score (nSPS) is 20.8. The summed E-state index contributed by atoms with van der Waals surface area (Å²) in [5.74, 6) is -0.103. The molecule has 3 aromatic rings. The lowest BCUT2D eigenvalue weighted by molar-refractivity contribution is 0.0870. The summed E-state index contributed by atoms with van der Waals surface area (Å²) in [6, 6.07) is 23.3. The third kappa shape index (κ3) is 2.50. The van der Waals surface area contributed by atoms with Crippen molar-refractivity contribution in [2.24, 2.45) is 5.92 Å². The predicted molar refractivity (Wildman–Crippen MR) is 110 cm³/mol. The van der Waals surface area contributed by atoms with E-state index in [4.69, 9.17) is 0 Å². The standard InChI is InChI=1S/C25H21NO2/c1-16-10-13-18(14-11-16)26-23(20-8-4-5-9-21(20)25(26)28)22-15-12-17-6-2-3-7-19(17)24(22)27/h2-11,13-14,22-23H,12,15H2,1H3. The minimum Gasteiger partial charge on any atom is -0.300 e. The van der Waals surface area contributed by atoms with Crippen LogP contribution in [0, 0.1) is 12.8 Å². The summed E-state index contributed by atoms with van der Waals surface area (Å²) in [4.78, 5) is 28.5. The van der Waals surface area contributed by atoms with Crippen LogP contribution in [0.2, 0.25) is 0 Å². The molecule has 3 nitrogen and oxygen atoms in total. The number of fused-ring (bicyclic) bond motifs is 2. The first-order chi connectivity index (χ1) is 13.6. The van der Waals surface area contributed by atoms with Crippen LogP contribution >= 0.6 is 0 Å². The molecule has 0 spiro atoms. The van der Waals surface area contributed by atoms with Crippen LogP contribution in [0.1, 0.15) is 49.9 Å². The highest BCUT2D eigenvalue weighted by molar-refractivity contribution is 6.12. The minimum absolute atomic E-state index is 0.0175. The van der Waals surface area contributed by atoms with Gasteiger partial charge in [0.25, 0.3) is 5.91 Å². The Kier molecular flexibility index (Phi) is 3.90. The van der Waals surface area contributed by atoms with Crippen molar-refractivity contribution < 1.29 is 9.59 Å². The SMILES string of the molecule is Cc1ccc(N2C(=O)c3ccccc3C2C2CCc3ccccc3C2=O)cc1. The number of nitrogens with zero attached hydrogens (tertiary/aromatic N) is 1. The number of Topliss-reactive ketones (excluding diaryl/α,β-unsaturated/α-hetero) is 1. The number of anilines is 1. The number of benzene rings is 3. The average Bonchev–Trinajstić information content (AvgIpc) is 3.02. The first-order valence-corrected chi connectivity index (χ1v) is 9.76. The number of hydrogen-bond acceptors (Lipinski definition) is 2. The Morgan fingerprint density at radius 2 is 1.50 bits per heavy atom. The summed E-state index contributed by atoms with van der Waals surface area (Å²) in [5.41, 5.74) is 5.59. The molecule has 28 heavy (non-hydrogen) atoms. The number of rotatable bonds is 2. The molecule has 3 aromatic carbocycles. The molecule has 0 saturated heterocycles. The Morgan fingerprint density at radius 3 is 2.29 bits per heavy atom. The van der Waals surface area contributed by atoms with E-state index < -0.39 is 0 Å². The van der Waals surface area contributed by atoms with Crippen molar-refractivity contribution in [1.29, 1.82) is 0 Å². The van der Waals surface area contributed by atoms with Crippen molar-refractivity contribution in [3.05, 3.63) is 101 Å². The van der Waals surface area contributed by atoms with Crippen molar-refractivity contribution in [2.45, 2.75) is 25.8 Å². The molecule has 0 fully saturated rings. The Balaban J connectivity index is 1.63. The Bertz CT molecular complexity index is 1080. The van der Waals surface area contributed by atoms with E-state index in [1.807, 2.05) is 84.6 Å². The number of carbonyl (C=O) groups excluding carboxylic acids is 2. The molecule has 1 amide bonds. The van der Waals surface area contributed by atoms with Gasteiger partial charge < -0.3 is 4.90 Å². The zero-order chi connectivity index (χ0) is 19.3. The molecule has 0 saturated carbocycles. The van der Waals surface area contributed by atoms with Gasteiger partial charge >= 0.3 is 0 Å². The van der Waals surface area contributed by atoms with Crippen LogP contribution in [0.4, 0.5) is 5.69 Å². The molecular formula is C25H21NO2. The lowest BCUT2D eigenvalue weighted by atomic mass is 9.77. The summed E-state index contributed by atoms with van der Waals surface area (Å²) in [5, 5.41) is 0. The second-order valence-corrected chi connectivity index (χ2v) is 7.71. The molecule has 2 unspecified atom stereocenters. The van der Waals surface area contributed by atoms with Gasteiger partial charge in [-0.05, 0) is 49.1 Å². The molecule has 138 valence electrons. The summed E-state index contributed by atoms with van der Waals surface area (Å²) in [6.45, 7) is 2.03. The third-order valence-corrected chi connectivity index (χ3v) is 6.04. The maximum atomic E-state index is 13.4. The molecule has 0 aromatic heterocycles. The molecule has 0 bridgehead atoms. The van der Waals surface area contributed by atoms with Gasteiger partial charge in [0.15, 0.2) is 5.78 Å². The lowest BCUT2D eigenvalue weighted by Crippen LogP contribution is -2.37. The molecule has 0 radical (unpaired) electrons.